The first-order valence-corrected chi connectivity index (χ1v) is 5.97. The number of carbonyl (C=O) groups excluding carboxylic acids is 2. The number of aryl methyl sites for hydroxylation is 1. The van der Waals surface area contributed by atoms with E-state index in [1.165, 1.54) is 6.07 Å². The minimum absolute atomic E-state index is 0.0752. The molecule has 0 saturated heterocycles. The van der Waals surface area contributed by atoms with E-state index >= 15 is 0 Å². The molecule has 1 atom stereocenters. The molecule has 0 saturated carbocycles. The Bertz CT molecular complexity index is 544. The lowest BCUT2D eigenvalue weighted by Crippen LogP contribution is -2.39. The number of nitrogens with one attached hydrogen (secondary N) is 1. The fraction of sp³-hybridized carbons (Fsp3) is 0.333. The molecule has 20 heavy (non-hydrogen) atoms. The molecule has 0 aromatic heterocycles. The van der Waals surface area contributed by atoms with Crippen LogP contribution >= 0.6 is 0 Å². The molecule has 108 valence electrons. The van der Waals surface area contributed by atoms with Crippen LogP contribution in [0.15, 0.2) is 18.2 Å². The Morgan fingerprint density at radius 3 is 2.60 bits per heavy atom. The molecule has 1 aromatic rings. The van der Waals surface area contributed by atoms with E-state index in [2.05, 4.69) is 5.32 Å². The van der Waals surface area contributed by atoms with Crippen molar-refractivity contribution in [1.82, 2.24) is 0 Å². The van der Waals surface area contributed by atoms with Crippen LogP contribution in [-0.2, 0) is 16.0 Å². The van der Waals surface area contributed by atoms with Crippen LogP contribution in [0.5, 0.6) is 0 Å². The van der Waals surface area contributed by atoms with E-state index in [1.54, 1.807) is 19.1 Å². The van der Waals surface area contributed by atoms with Gasteiger partial charge in [-0.05, 0) is 12.5 Å². The molecule has 0 radical (unpaired) electrons. The van der Waals surface area contributed by atoms with Crippen molar-refractivity contribution in [3.63, 3.8) is 0 Å². The Morgan fingerprint density at radius 1 is 1.45 bits per heavy atom. The second-order valence-electron chi connectivity index (χ2n) is 4.22. The third kappa shape index (κ3) is 4.02. The highest BCUT2D eigenvalue weighted by molar-refractivity contribution is 5.97. The van der Waals surface area contributed by atoms with Crippen LogP contribution in [0, 0.1) is 10.1 Å². The Morgan fingerprint density at radius 2 is 2.10 bits per heavy atom. The summed E-state index contributed by atoms with van der Waals surface area (Å²) in [5, 5.41) is 13.3. The van der Waals surface area contributed by atoms with Crippen LogP contribution in [0.1, 0.15) is 18.9 Å². The summed E-state index contributed by atoms with van der Waals surface area (Å²) in [5.41, 5.74) is 11.1. The zero-order valence-electron chi connectivity index (χ0n) is 11.0. The number of anilines is 1. The van der Waals surface area contributed by atoms with Crippen LogP contribution < -0.4 is 16.8 Å². The normalized spacial score (nSPS) is 11.7. The first-order chi connectivity index (χ1) is 9.35. The Labute approximate surface area is 115 Å². The summed E-state index contributed by atoms with van der Waals surface area (Å²) in [6.45, 7) is 1.80. The van der Waals surface area contributed by atoms with E-state index in [9.17, 15) is 19.7 Å². The van der Waals surface area contributed by atoms with Gasteiger partial charge in [0.05, 0.1) is 17.4 Å². The standard InChI is InChI=1S/C12H16N4O4/c1-2-7-3-4-8(5-10(7)16(19)20)15-12(18)9(13)6-11(14)17/h3-5,9H,2,6,13H2,1H3,(H2,14,17)(H,15,18). The van der Waals surface area contributed by atoms with Crippen molar-refractivity contribution in [1.29, 1.82) is 0 Å². The molecule has 0 aliphatic rings. The number of nitrogens with two attached hydrogens (primary N) is 2. The minimum atomic E-state index is -1.09. The number of hydrogen-bond acceptors (Lipinski definition) is 5. The van der Waals surface area contributed by atoms with E-state index in [0.717, 1.165) is 0 Å². The Balaban J connectivity index is 2.88. The third-order valence-electron chi connectivity index (χ3n) is 2.69. The molecule has 0 aliphatic heterocycles. The quantitative estimate of drug-likeness (QED) is 0.507. The van der Waals surface area contributed by atoms with Gasteiger partial charge in [-0.25, -0.2) is 0 Å². The van der Waals surface area contributed by atoms with Gasteiger partial charge in [-0.2, -0.15) is 0 Å². The van der Waals surface area contributed by atoms with E-state index in [4.69, 9.17) is 11.5 Å². The molecule has 8 heteroatoms. The molecule has 0 fully saturated rings. The van der Waals surface area contributed by atoms with Crippen molar-refractivity contribution in [2.45, 2.75) is 25.8 Å². The van der Waals surface area contributed by atoms with Crippen molar-refractivity contribution in [2.24, 2.45) is 11.5 Å². The molecular weight excluding hydrogens is 264 g/mol. The van der Waals surface area contributed by atoms with Gasteiger partial charge in [0.1, 0.15) is 0 Å². The van der Waals surface area contributed by atoms with Gasteiger partial charge in [0.15, 0.2) is 0 Å². The molecular formula is C12H16N4O4. The summed E-state index contributed by atoms with van der Waals surface area (Å²) in [4.78, 5) is 32.7. The number of amides is 2. The first kappa shape index (κ1) is 15.6. The number of primary amides is 1. The lowest BCUT2D eigenvalue weighted by molar-refractivity contribution is -0.385. The second-order valence-corrected chi connectivity index (χ2v) is 4.22. The molecule has 0 aliphatic carbocycles. The summed E-state index contributed by atoms with van der Waals surface area (Å²) in [6.07, 6.45) is 0.215. The summed E-state index contributed by atoms with van der Waals surface area (Å²) in [7, 11) is 0. The van der Waals surface area contributed by atoms with Crippen molar-refractivity contribution < 1.29 is 14.5 Å². The smallest absolute Gasteiger partial charge is 0.274 e. The number of carbonyl (C=O) groups is 2. The van der Waals surface area contributed by atoms with E-state index in [1.807, 2.05) is 0 Å². The zero-order chi connectivity index (χ0) is 15.3. The van der Waals surface area contributed by atoms with Gasteiger partial charge in [-0.3, -0.25) is 19.7 Å². The van der Waals surface area contributed by atoms with Crippen molar-refractivity contribution in [3.05, 3.63) is 33.9 Å². The molecule has 2 amide bonds. The van der Waals surface area contributed by atoms with E-state index in [-0.39, 0.29) is 17.8 Å². The minimum Gasteiger partial charge on any atom is -0.370 e. The van der Waals surface area contributed by atoms with Gasteiger partial charge in [0, 0.05) is 17.3 Å². The summed E-state index contributed by atoms with van der Waals surface area (Å²) in [6, 6.07) is 3.28. The summed E-state index contributed by atoms with van der Waals surface area (Å²) < 4.78 is 0. The summed E-state index contributed by atoms with van der Waals surface area (Å²) >= 11 is 0. The lowest BCUT2D eigenvalue weighted by atomic mass is 10.1. The van der Waals surface area contributed by atoms with Gasteiger partial charge in [-0.1, -0.05) is 13.0 Å². The maximum absolute atomic E-state index is 11.7. The molecule has 1 aromatic carbocycles. The van der Waals surface area contributed by atoms with Crippen LogP contribution in [0.2, 0.25) is 0 Å². The highest BCUT2D eigenvalue weighted by Crippen LogP contribution is 2.23. The number of hydrogen-bond donors (Lipinski definition) is 3. The lowest BCUT2D eigenvalue weighted by Gasteiger charge is -2.11. The maximum Gasteiger partial charge on any atom is 0.274 e. The van der Waals surface area contributed by atoms with Gasteiger partial charge >= 0.3 is 0 Å². The number of nitro groups is 1. The van der Waals surface area contributed by atoms with Gasteiger partial charge in [0.25, 0.3) is 5.69 Å². The van der Waals surface area contributed by atoms with Crippen LogP contribution in [0.4, 0.5) is 11.4 Å². The topological polar surface area (TPSA) is 141 Å². The van der Waals surface area contributed by atoms with E-state index < -0.39 is 22.8 Å². The first-order valence-electron chi connectivity index (χ1n) is 5.97. The SMILES string of the molecule is CCc1ccc(NC(=O)C(N)CC(N)=O)cc1[N+](=O)[O-]. The molecule has 0 spiro atoms. The van der Waals surface area contributed by atoms with Crippen molar-refractivity contribution in [2.75, 3.05) is 5.32 Å². The fourth-order valence-electron chi connectivity index (χ4n) is 1.65. The average Bonchev–Trinajstić information content (AvgIpc) is 2.37. The monoisotopic (exact) mass is 280 g/mol. The van der Waals surface area contributed by atoms with Crippen LogP contribution in [-0.4, -0.2) is 22.8 Å². The molecule has 5 N–H and O–H groups in total. The van der Waals surface area contributed by atoms with Crippen molar-refractivity contribution in [3.8, 4) is 0 Å². The molecule has 0 heterocycles. The zero-order valence-corrected chi connectivity index (χ0v) is 11.0. The Hall–Kier alpha value is -2.48. The van der Waals surface area contributed by atoms with Gasteiger partial charge in [0.2, 0.25) is 11.8 Å². The largest absolute Gasteiger partial charge is 0.370 e. The third-order valence-corrected chi connectivity index (χ3v) is 2.69. The highest BCUT2D eigenvalue weighted by atomic mass is 16.6. The molecule has 0 bridgehead atoms. The van der Waals surface area contributed by atoms with Gasteiger partial charge in [-0.15, -0.1) is 0 Å². The molecule has 1 rings (SSSR count). The highest BCUT2D eigenvalue weighted by Gasteiger charge is 2.18. The average molecular weight is 280 g/mol. The molecule has 1 unspecified atom stereocenters. The molecule has 8 nitrogen and oxygen atoms in total. The second kappa shape index (κ2) is 6.62. The number of nitrogens with zero attached hydrogens (tertiary/aromatic N) is 1. The predicted molar refractivity (Wildman–Crippen MR) is 72.9 cm³/mol. The Kier molecular flexibility index (Phi) is 5.15. The number of nitro benzene ring substituents is 1. The van der Waals surface area contributed by atoms with Crippen LogP contribution in [0.3, 0.4) is 0 Å². The summed E-state index contributed by atoms with van der Waals surface area (Å²) in [5.74, 6) is -1.32. The number of rotatable bonds is 6. The number of benzene rings is 1. The van der Waals surface area contributed by atoms with E-state index in [0.29, 0.717) is 12.0 Å². The maximum atomic E-state index is 11.7. The van der Waals surface area contributed by atoms with Crippen LogP contribution in [0.25, 0.3) is 0 Å². The van der Waals surface area contributed by atoms with Crippen molar-refractivity contribution >= 4 is 23.2 Å². The fourth-order valence-corrected chi connectivity index (χ4v) is 1.65. The predicted octanol–water partition coefficient (Wildman–Crippen LogP) is 0.298. The van der Waals surface area contributed by atoms with Gasteiger partial charge < -0.3 is 16.8 Å².